The molecule has 140 valence electrons. The molecule has 0 unspecified atom stereocenters. The van der Waals surface area contributed by atoms with Crippen molar-refractivity contribution in [1.29, 1.82) is 0 Å². The Morgan fingerprint density at radius 2 is 1.81 bits per heavy atom. The Labute approximate surface area is 162 Å². The van der Waals surface area contributed by atoms with E-state index in [9.17, 15) is 9.59 Å². The van der Waals surface area contributed by atoms with Gasteiger partial charge >= 0.3 is 5.97 Å². The van der Waals surface area contributed by atoms with E-state index in [1.165, 1.54) is 0 Å². The molecule has 0 aliphatic carbocycles. The van der Waals surface area contributed by atoms with Crippen molar-refractivity contribution in [3.05, 3.63) is 70.9 Å². The summed E-state index contributed by atoms with van der Waals surface area (Å²) in [6.07, 6.45) is 1.88. The number of hydrogen-bond donors (Lipinski definition) is 2. The van der Waals surface area contributed by atoms with E-state index in [0.29, 0.717) is 17.0 Å². The van der Waals surface area contributed by atoms with E-state index in [2.05, 4.69) is 10.3 Å². The number of carbonyl (C=O) groups excluding carboxylic acids is 2. The molecule has 2 N–H and O–H groups in total. The second-order valence-corrected chi connectivity index (χ2v) is 6.96. The predicted molar refractivity (Wildman–Crippen MR) is 106 cm³/mol. The lowest BCUT2D eigenvalue weighted by Gasteiger charge is -2.19. The van der Waals surface area contributed by atoms with Crippen LogP contribution in [0.5, 0.6) is 0 Å². The summed E-state index contributed by atoms with van der Waals surface area (Å²) in [6, 6.07) is 13.7. The number of carbonyl (C=O) groups is 2. The third kappa shape index (κ3) is 4.49. The van der Waals surface area contributed by atoms with Crippen LogP contribution in [-0.2, 0) is 16.0 Å². The number of fused-ring (bicyclic) bond motifs is 1. The summed E-state index contributed by atoms with van der Waals surface area (Å²) in [6.45, 7) is 3.55. The number of amides is 1. The lowest BCUT2D eigenvalue weighted by Crippen LogP contribution is -2.44. The summed E-state index contributed by atoms with van der Waals surface area (Å²) in [4.78, 5) is 28.4. The van der Waals surface area contributed by atoms with Crippen molar-refractivity contribution in [3.8, 4) is 0 Å². The molecule has 0 fully saturated rings. The molecule has 1 heterocycles. The number of hydrogen-bond acceptors (Lipinski definition) is 3. The Balaban J connectivity index is 1.86. The highest BCUT2D eigenvalue weighted by molar-refractivity contribution is 6.33. The van der Waals surface area contributed by atoms with Crippen molar-refractivity contribution < 1.29 is 14.3 Å². The lowest BCUT2D eigenvalue weighted by molar-refractivity contribution is -0.149. The zero-order valence-corrected chi connectivity index (χ0v) is 15.9. The molecule has 0 aliphatic rings. The number of halogens is 1. The van der Waals surface area contributed by atoms with Crippen LogP contribution in [0.2, 0.25) is 5.02 Å². The number of para-hydroxylation sites is 1. The first-order chi connectivity index (χ1) is 13.0. The van der Waals surface area contributed by atoms with Crippen LogP contribution in [0.15, 0.2) is 54.7 Å². The number of nitrogens with one attached hydrogen (secondary N) is 2. The lowest BCUT2D eigenvalue weighted by atomic mass is 10.0. The zero-order valence-electron chi connectivity index (χ0n) is 15.2. The van der Waals surface area contributed by atoms with Crippen molar-refractivity contribution in [1.82, 2.24) is 10.3 Å². The molecule has 27 heavy (non-hydrogen) atoms. The fraction of sp³-hybridized carbons (Fsp3) is 0.238. The quantitative estimate of drug-likeness (QED) is 0.628. The van der Waals surface area contributed by atoms with Crippen molar-refractivity contribution in [3.63, 3.8) is 0 Å². The summed E-state index contributed by atoms with van der Waals surface area (Å²) < 4.78 is 5.34. The summed E-state index contributed by atoms with van der Waals surface area (Å²) in [5.41, 5.74) is 2.22. The van der Waals surface area contributed by atoms with Gasteiger partial charge < -0.3 is 15.0 Å². The molecule has 2 aromatic carbocycles. The van der Waals surface area contributed by atoms with E-state index in [1.54, 1.807) is 38.1 Å². The molecule has 6 heteroatoms. The number of aromatic nitrogens is 1. The van der Waals surface area contributed by atoms with Gasteiger partial charge in [-0.25, -0.2) is 4.79 Å². The van der Waals surface area contributed by atoms with E-state index in [0.717, 1.165) is 16.5 Å². The molecule has 0 radical (unpaired) electrons. The second kappa shape index (κ2) is 8.27. The summed E-state index contributed by atoms with van der Waals surface area (Å²) in [5, 5.41) is 4.11. The van der Waals surface area contributed by atoms with Crippen LogP contribution in [0.1, 0.15) is 29.8 Å². The minimum absolute atomic E-state index is 0.278. The molecule has 5 nitrogen and oxygen atoms in total. The van der Waals surface area contributed by atoms with Gasteiger partial charge in [0.15, 0.2) is 0 Å². The highest BCUT2D eigenvalue weighted by Gasteiger charge is 2.26. The zero-order chi connectivity index (χ0) is 19.4. The molecule has 0 spiro atoms. The van der Waals surface area contributed by atoms with Crippen molar-refractivity contribution in [2.24, 2.45) is 0 Å². The van der Waals surface area contributed by atoms with Gasteiger partial charge in [-0.3, -0.25) is 4.79 Å². The monoisotopic (exact) mass is 384 g/mol. The van der Waals surface area contributed by atoms with Gasteiger partial charge in [-0.1, -0.05) is 41.9 Å². The molecule has 0 bridgehead atoms. The molecule has 0 saturated carbocycles. The molecule has 1 atom stereocenters. The highest BCUT2D eigenvalue weighted by atomic mass is 35.5. The van der Waals surface area contributed by atoms with Gasteiger partial charge in [0.1, 0.15) is 6.04 Å². The van der Waals surface area contributed by atoms with Gasteiger partial charge in [-0.05, 0) is 37.6 Å². The number of aromatic amines is 1. The first-order valence-electron chi connectivity index (χ1n) is 8.76. The number of esters is 1. The van der Waals surface area contributed by atoms with E-state index >= 15 is 0 Å². The van der Waals surface area contributed by atoms with E-state index in [4.69, 9.17) is 16.3 Å². The smallest absolute Gasteiger partial charge is 0.329 e. The first-order valence-corrected chi connectivity index (χ1v) is 9.14. The normalized spacial score (nSPS) is 12.1. The maximum absolute atomic E-state index is 12.6. The van der Waals surface area contributed by atoms with E-state index in [-0.39, 0.29) is 6.10 Å². The Morgan fingerprint density at radius 3 is 2.56 bits per heavy atom. The summed E-state index contributed by atoms with van der Waals surface area (Å²) >= 11 is 6.11. The molecular formula is C21H21ClN2O3. The van der Waals surface area contributed by atoms with Gasteiger partial charge in [0.2, 0.25) is 0 Å². The van der Waals surface area contributed by atoms with E-state index in [1.807, 2.05) is 30.5 Å². The van der Waals surface area contributed by atoms with Gasteiger partial charge in [-0.15, -0.1) is 0 Å². The fourth-order valence-electron chi connectivity index (χ4n) is 2.91. The first kappa shape index (κ1) is 19.0. The van der Waals surface area contributed by atoms with Gasteiger partial charge in [0, 0.05) is 23.5 Å². The van der Waals surface area contributed by atoms with Gasteiger partial charge in [-0.2, -0.15) is 0 Å². The van der Waals surface area contributed by atoms with E-state index < -0.39 is 17.9 Å². The minimum atomic E-state index is -0.824. The number of H-pyrrole nitrogens is 1. The predicted octanol–water partition coefficient (Wildman–Crippen LogP) is 4.11. The van der Waals surface area contributed by atoms with Crippen LogP contribution in [0, 0.1) is 0 Å². The van der Waals surface area contributed by atoms with Crippen molar-refractivity contribution in [2.45, 2.75) is 32.4 Å². The Bertz CT molecular complexity index is 965. The van der Waals surface area contributed by atoms with Crippen LogP contribution in [0.25, 0.3) is 10.9 Å². The van der Waals surface area contributed by atoms with Crippen LogP contribution in [-0.4, -0.2) is 29.0 Å². The maximum atomic E-state index is 12.6. The van der Waals surface area contributed by atoms with Crippen LogP contribution >= 0.6 is 11.6 Å². The highest BCUT2D eigenvalue weighted by Crippen LogP contribution is 2.20. The Kier molecular flexibility index (Phi) is 5.81. The molecule has 3 aromatic rings. The minimum Gasteiger partial charge on any atom is -0.461 e. The molecule has 3 rings (SSSR count). The molecular weight excluding hydrogens is 364 g/mol. The van der Waals surface area contributed by atoms with Crippen LogP contribution in [0.4, 0.5) is 0 Å². The molecule has 1 amide bonds. The largest absolute Gasteiger partial charge is 0.461 e. The van der Waals surface area contributed by atoms with Gasteiger partial charge in [0.05, 0.1) is 16.7 Å². The van der Waals surface area contributed by atoms with Crippen LogP contribution < -0.4 is 5.32 Å². The Morgan fingerprint density at radius 1 is 1.11 bits per heavy atom. The average molecular weight is 385 g/mol. The fourth-order valence-corrected chi connectivity index (χ4v) is 3.13. The number of benzene rings is 2. The second-order valence-electron chi connectivity index (χ2n) is 6.56. The average Bonchev–Trinajstić information content (AvgIpc) is 3.04. The molecule has 0 saturated heterocycles. The SMILES string of the molecule is CC(C)OC(=O)[C@H](Cc1c[nH]c2ccccc12)NC(=O)c1ccccc1Cl. The summed E-state index contributed by atoms with van der Waals surface area (Å²) in [5.74, 6) is -0.887. The van der Waals surface area contributed by atoms with Crippen LogP contribution in [0.3, 0.4) is 0 Å². The maximum Gasteiger partial charge on any atom is 0.329 e. The number of rotatable bonds is 6. The topological polar surface area (TPSA) is 71.2 Å². The third-order valence-corrected chi connectivity index (χ3v) is 4.49. The third-order valence-electron chi connectivity index (χ3n) is 4.16. The van der Waals surface area contributed by atoms with Gasteiger partial charge in [0.25, 0.3) is 5.91 Å². The molecule has 1 aromatic heterocycles. The molecule has 0 aliphatic heterocycles. The summed E-state index contributed by atoms with van der Waals surface area (Å²) in [7, 11) is 0. The van der Waals surface area contributed by atoms with Crippen molar-refractivity contribution >= 4 is 34.4 Å². The Hall–Kier alpha value is -2.79. The van der Waals surface area contributed by atoms with Crippen molar-refractivity contribution in [2.75, 3.05) is 0 Å². The number of ether oxygens (including phenoxy) is 1. The standard InChI is InChI=1S/C21H21ClN2O3/c1-13(2)27-21(26)19(24-20(25)16-8-3-5-9-17(16)22)11-14-12-23-18-10-6-4-7-15(14)18/h3-10,12-13,19,23H,11H2,1-2H3,(H,24,25)/t19-/m0/s1.